The number of likely N-dealkylation sites (tertiary alicyclic amines) is 1. The number of nitrogens with zero attached hydrogens (tertiary/aromatic N) is 3. The highest BCUT2D eigenvalue weighted by atomic mass is 19.1. The van der Waals surface area contributed by atoms with Crippen LogP contribution < -0.4 is 0 Å². The summed E-state index contributed by atoms with van der Waals surface area (Å²) >= 11 is 0. The van der Waals surface area contributed by atoms with Gasteiger partial charge < -0.3 is 4.90 Å². The molecule has 1 aliphatic rings. The van der Waals surface area contributed by atoms with E-state index in [9.17, 15) is 9.18 Å². The monoisotopic (exact) mass is 299 g/mol. The average Bonchev–Trinajstić information content (AvgIpc) is 2.58. The van der Waals surface area contributed by atoms with Crippen LogP contribution in [-0.2, 0) is 6.42 Å². The van der Waals surface area contributed by atoms with E-state index in [2.05, 4.69) is 9.97 Å². The van der Waals surface area contributed by atoms with Crippen molar-refractivity contribution in [2.75, 3.05) is 13.1 Å². The maximum Gasteiger partial charge on any atom is 0.274 e. The molecule has 3 rings (SSSR count). The Kier molecular flexibility index (Phi) is 4.42. The summed E-state index contributed by atoms with van der Waals surface area (Å²) in [5, 5.41) is 0. The van der Waals surface area contributed by atoms with Crippen LogP contribution in [-0.4, -0.2) is 33.9 Å². The van der Waals surface area contributed by atoms with Crippen LogP contribution in [0.3, 0.4) is 0 Å². The maximum atomic E-state index is 12.9. The average molecular weight is 299 g/mol. The van der Waals surface area contributed by atoms with Gasteiger partial charge in [-0.05, 0) is 42.9 Å². The Morgan fingerprint density at radius 3 is 2.55 bits per heavy atom. The zero-order valence-corrected chi connectivity index (χ0v) is 12.3. The van der Waals surface area contributed by atoms with E-state index in [1.807, 2.05) is 17.0 Å². The second-order valence-corrected chi connectivity index (χ2v) is 5.66. The molecule has 5 heteroatoms. The smallest absolute Gasteiger partial charge is 0.274 e. The van der Waals surface area contributed by atoms with Crippen molar-refractivity contribution in [2.45, 2.75) is 19.3 Å². The SMILES string of the molecule is O=C(c1cnccn1)N1CCC(Cc2ccc(F)cc2)CC1. The summed E-state index contributed by atoms with van der Waals surface area (Å²) in [6.45, 7) is 1.47. The Labute approximate surface area is 129 Å². The summed E-state index contributed by atoms with van der Waals surface area (Å²) in [7, 11) is 0. The Hall–Kier alpha value is -2.30. The van der Waals surface area contributed by atoms with Crippen LogP contribution >= 0.6 is 0 Å². The van der Waals surface area contributed by atoms with Gasteiger partial charge in [0.05, 0.1) is 6.20 Å². The largest absolute Gasteiger partial charge is 0.337 e. The second kappa shape index (κ2) is 6.64. The minimum Gasteiger partial charge on any atom is -0.337 e. The van der Waals surface area contributed by atoms with Crippen molar-refractivity contribution >= 4 is 5.91 Å². The molecule has 4 nitrogen and oxygen atoms in total. The second-order valence-electron chi connectivity index (χ2n) is 5.66. The molecule has 2 heterocycles. The predicted octanol–water partition coefficient (Wildman–Crippen LogP) is 2.71. The van der Waals surface area contributed by atoms with Crippen LogP contribution in [0.1, 0.15) is 28.9 Å². The van der Waals surface area contributed by atoms with E-state index in [0.717, 1.165) is 37.9 Å². The Morgan fingerprint density at radius 2 is 1.91 bits per heavy atom. The van der Waals surface area contributed by atoms with Crippen LogP contribution in [0.2, 0.25) is 0 Å². The summed E-state index contributed by atoms with van der Waals surface area (Å²) in [5.74, 6) is 0.290. The third kappa shape index (κ3) is 3.47. The molecule has 0 radical (unpaired) electrons. The quantitative estimate of drug-likeness (QED) is 0.875. The number of carbonyl (C=O) groups excluding carboxylic acids is 1. The number of hydrogen-bond donors (Lipinski definition) is 0. The first kappa shape index (κ1) is 14.6. The third-order valence-corrected chi connectivity index (χ3v) is 4.12. The number of piperidine rings is 1. The van der Waals surface area contributed by atoms with Crippen LogP contribution in [0.25, 0.3) is 0 Å². The zero-order valence-electron chi connectivity index (χ0n) is 12.3. The van der Waals surface area contributed by atoms with Crippen LogP contribution in [0.15, 0.2) is 42.9 Å². The number of aromatic nitrogens is 2. The molecular weight excluding hydrogens is 281 g/mol. The van der Waals surface area contributed by atoms with Crippen molar-refractivity contribution in [3.05, 3.63) is 59.9 Å². The molecule has 1 amide bonds. The van der Waals surface area contributed by atoms with Gasteiger partial charge in [-0.1, -0.05) is 12.1 Å². The number of carbonyl (C=O) groups is 1. The topological polar surface area (TPSA) is 46.1 Å². The summed E-state index contributed by atoms with van der Waals surface area (Å²) in [4.78, 5) is 22.1. The summed E-state index contributed by atoms with van der Waals surface area (Å²) in [5.41, 5.74) is 1.56. The van der Waals surface area contributed by atoms with E-state index in [1.165, 1.54) is 24.5 Å². The molecule has 0 spiro atoms. The molecule has 1 aromatic heterocycles. The minimum absolute atomic E-state index is 0.0478. The number of hydrogen-bond acceptors (Lipinski definition) is 3. The van der Waals surface area contributed by atoms with E-state index in [-0.39, 0.29) is 11.7 Å². The normalized spacial score (nSPS) is 15.8. The van der Waals surface area contributed by atoms with Gasteiger partial charge in [-0.2, -0.15) is 0 Å². The van der Waals surface area contributed by atoms with Gasteiger partial charge in [-0.3, -0.25) is 9.78 Å². The van der Waals surface area contributed by atoms with Crippen LogP contribution in [0, 0.1) is 11.7 Å². The van der Waals surface area contributed by atoms with Crippen molar-refractivity contribution in [2.24, 2.45) is 5.92 Å². The first-order valence-electron chi connectivity index (χ1n) is 7.52. The zero-order chi connectivity index (χ0) is 15.4. The lowest BCUT2D eigenvalue weighted by Gasteiger charge is -2.31. The number of benzene rings is 1. The molecule has 1 fully saturated rings. The third-order valence-electron chi connectivity index (χ3n) is 4.12. The molecule has 0 bridgehead atoms. The molecule has 22 heavy (non-hydrogen) atoms. The highest BCUT2D eigenvalue weighted by Gasteiger charge is 2.24. The highest BCUT2D eigenvalue weighted by Crippen LogP contribution is 2.22. The van der Waals surface area contributed by atoms with Gasteiger partial charge in [0.2, 0.25) is 0 Å². The maximum absolute atomic E-state index is 12.9. The molecule has 0 aliphatic carbocycles. The number of amides is 1. The molecule has 1 aromatic carbocycles. The standard InChI is InChI=1S/C17H18FN3O/c18-15-3-1-13(2-4-15)11-14-5-9-21(10-6-14)17(22)16-12-19-7-8-20-16/h1-4,7-8,12,14H,5-6,9-11H2. The van der Waals surface area contributed by atoms with Crippen LogP contribution in [0.5, 0.6) is 0 Å². The van der Waals surface area contributed by atoms with E-state index in [1.54, 1.807) is 6.20 Å². The van der Waals surface area contributed by atoms with E-state index in [0.29, 0.717) is 11.6 Å². The van der Waals surface area contributed by atoms with Gasteiger partial charge in [0.25, 0.3) is 5.91 Å². The van der Waals surface area contributed by atoms with E-state index >= 15 is 0 Å². The van der Waals surface area contributed by atoms with Gasteiger partial charge in [0.15, 0.2) is 0 Å². The molecule has 0 atom stereocenters. The van der Waals surface area contributed by atoms with E-state index in [4.69, 9.17) is 0 Å². The Balaban J connectivity index is 1.54. The molecule has 1 aliphatic heterocycles. The molecule has 2 aromatic rings. The van der Waals surface area contributed by atoms with Gasteiger partial charge in [0, 0.05) is 25.5 Å². The van der Waals surface area contributed by atoms with Crippen molar-refractivity contribution in [1.29, 1.82) is 0 Å². The van der Waals surface area contributed by atoms with Crippen molar-refractivity contribution in [3.63, 3.8) is 0 Å². The first-order valence-corrected chi connectivity index (χ1v) is 7.52. The molecule has 0 saturated carbocycles. The van der Waals surface area contributed by atoms with Gasteiger partial charge >= 0.3 is 0 Å². The summed E-state index contributed by atoms with van der Waals surface area (Å²) in [6, 6.07) is 6.68. The fourth-order valence-corrected chi connectivity index (χ4v) is 2.87. The molecule has 1 saturated heterocycles. The first-order chi connectivity index (χ1) is 10.7. The highest BCUT2D eigenvalue weighted by molar-refractivity contribution is 5.91. The Bertz CT molecular complexity index is 622. The van der Waals surface area contributed by atoms with Gasteiger partial charge in [0.1, 0.15) is 11.5 Å². The van der Waals surface area contributed by atoms with Crippen molar-refractivity contribution < 1.29 is 9.18 Å². The fourth-order valence-electron chi connectivity index (χ4n) is 2.87. The number of rotatable bonds is 3. The van der Waals surface area contributed by atoms with Gasteiger partial charge in [-0.15, -0.1) is 0 Å². The van der Waals surface area contributed by atoms with Gasteiger partial charge in [-0.25, -0.2) is 9.37 Å². The lowest BCUT2D eigenvalue weighted by molar-refractivity contribution is 0.0684. The summed E-state index contributed by atoms with van der Waals surface area (Å²) < 4.78 is 12.9. The minimum atomic E-state index is -0.201. The molecular formula is C17H18FN3O. The van der Waals surface area contributed by atoms with Crippen molar-refractivity contribution in [3.8, 4) is 0 Å². The van der Waals surface area contributed by atoms with Crippen LogP contribution in [0.4, 0.5) is 4.39 Å². The summed E-state index contributed by atoms with van der Waals surface area (Å²) in [6.07, 6.45) is 7.47. The molecule has 0 N–H and O–H groups in total. The Morgan fingerprint density at radius 1 is 1.18 bits per heavy atom. The predicted molar refractivity (Wildman–Crippen MR) is 80.8 cm³/mol. The molecule has 114 valence electrons. The number of halogens is 1. The van der Waals surface area contributed by atoms with Crippen molar-refractivity contribution in [1.82, 2.24) is 14.9 Å². The fraction of sp³-hybridized carbons (Fsp3) is 0.353. The lowest BCUT2D eigenvalue weighted by atomic mass is 9.90. The van der Waals surface area contributed by atoms with E-state index < -0.39 is 0 Å². The molecule has 0 unspecified atom stereocenters. The lowest BCUT2D eigenvalue weighted by Crippen LogP contribution is -2.39.